The number of nitrogens with one attached hydrogen (secondary N) is 1. The number of allylic oxidation sites excluding steroid dienone is 2. The smallest absolute Gasteiger partial charge is 0.227 e. The molecule has 2 nitrogen and oxygen atoms in total. The lowest BCUT2D eigenvalue weighted by molar-refractivity contribution is -0.124. The van der Waals surface area contributed by atoms with Gasteiger partial charge < -0.3 is 5.32 Å². The van der Waals surface area contributed by atoms with E-state index in [0.29, 0.717) is 5.92 Å². The standard InChI is InChI=1S/C14H21NO/c1-10(2)12-5-3-4-6-13(12)14(16)15-9-11-7-8-11/h4,6,11-13H,1,3,5,7-9H2,2H3,(H,15,16). The molecule has 1 amide bonds. The first-order valence-corrected chi connectivity index (χ1v) is 6.28. The largest absolute Gasteiger partial charge is 0.355 e. The Bertz CT molecular complexity index is 315. The molecule has 0 aromatic carbocycles. The van der Waals surface area contributed by atoms with Crippen LogP contribution in [0.15, 0.2) is 24.3 Å². The van der Waals surface area contributed by atoms with Crippen LogP contribution < -0.4 is 5.32 Å². The Labute approximate surface area is 97.8 Å². The van der Waals surface area contributed by atoms with Crippen molar-refractivity contribution in [1.82, 2.24) is 5.32 Å². The fraction of sp³-hybridized carbons (Fsp3) is 0.643. The molecule has 0 aromatic heterocycles. The molecule has 1 saturated carbocycles. The third-order valence-corrected chi connectivity index (χ3v) is 3.62. The molecule has 1 N–H and O–H groups in total. The van der Waals surface area contributed by atoms with Crippen molar-refractivity contribution in [2.45, 2.75) is 32.6 Å². The van der Waals surface area contributed by atoms with Crippen LogP contribution in [0.2, 0.25) is 0 Å². The minimum absolute atomic E-state index is 0.0185. The van der Waals surface area contributed by atoms with Gasteiger partial charge >= 0.3 is 0 Å². The minimum Gasteiger partial charge on any atom is -0.355 e. The summed E-state index contributed by atoms with van der Waals surface area (Å²) < 4.78 is 0. The third kappa shape index (κ3) is 2.75. The van der Waals surface area contributed by atoms with Crippen molar-refractivity contribution in [3.63, 3.8) is 0 Å². The normalized spacial score (nSPS) is 28.8. The van der Waals surface area contributed by atoms with E-state index in [-0.39, 0.29) is 11.8 Å². The van der Waals surface area contributed by atoms with Crippen LogP contribution in [0.3, 0.4) is 0 Å². The summed E-state index contributed by atoms with van der Waals surface area (Å²) in [6.45, 7) is 6.91. The molecule has 0 saturated heterocycles. The lowest BCUT2D eigenvalue weighted by Gasteiger charge is -2.27. The summed E-state index contributed by atoms with van der Waals surface area (Å²) >= 11 is 0. The first-order chi connectivity index (χ1) is 7.68. The first kappa shape index (κ1) is 11.4. The summed E-state index contributed by atoms with van der Waals surface area (Å²) in [5, 5.41) is 3.07. The van der Waals surface area contributed by atoms with E-state index in [2.05, 4.69) is 24.0 Å². The molecule has 88 valence electrons. The van der Waals surface area contributed by atoms with E-state index in [0.717, 1.165) is 30.9 Å². The Morgan fingerprint density at radius 3 is 2.81 bits per heavy atom. The number of hydrogen-bond donors (Lipinski definition) is 1. The van der Waals surface area contributed by atoms with Crippen molar-refractivity contribution in [1.29, 1.82) is 0 Å². The highest BCUT2D eigenvalue weighted by Crippen LogP contribution is 2.31. The summed E-state index contributed by atoms with van der Waals surface area (Å²) in [7, 11) is 0. The molecule has 0 heterocycles. The van der Waals surface area contributed by atoms with Crippen LogP contribution in [-0.4, -0.2) is 12.5 Å². The number of carbonyl (C=O) groups excluding carboxylic acids is 1. The maximum absolute atomic E-state index is 12.0. The number of amides is 1. The van der Waals surface area contributed by atoms with E-state index in [1.165, 1.54) is 12.8 Å². The number of hydrogen-bond acceptors (Lipinski definition) is 1. The van der Waals surface area contributed by atoms with Crippen molar-refractivity contribution in [2.75, 3.05) is 6.54 Å². The Hall–Kier alpha value is -1.05. The molecule has 2 atom stereocenters. The van der Waals surface area contributed by atoms with Crippen molar-refractivity contribution in [2.24, 2.45) is 17.8 Å². The van der Waals surface area contributed by atoms with Gasteiger partial charge in [-0.25, -0.2) is 0 Å². The summed E-state index contributed by atoms with van der Waals surface area (Å²) in [5.41, 5.74) is 1.14. The monoisotopic (exact) mass is 219 g/mol. The van der Waals surface area contributed by atoms with E-state index in [4.69, 9.17) is 0 Å². The van der Waals surface area contributed by atoms with Crippen molar-refractivity contribution < 1.29 is 4.79 Å². The predicted octanol–water partition coefficient (Wildman–Crippen LogP) is 2.67. The van der Waals surface area contributed by atoms with E-state index in [9.17, 15) is 4.79 Å². The third-order valence-electron chi connectivity index (χ3n) is 3.62. The molecular formula is C14H21NO. The predicted molar refractivity (Wildman–Crippen MR) is 65.9 cm³/mol. The first-order valence-electron chi connectivity index (χ1n) is 6.28. The maximum atomic E-state index is 12.0. The van der Waals surface area contributed by atoms with Gasteiger partial charge in [0.1, 0.15) is 0 Å². The highest BCUT2D eigenvalue weighted by Gasteiger charge is 2.29. The summed E-state index contributed by atoms with van der Waals surface area (Å²) in [6.07, 6.45) is 8.89. The molecule has 16 heavy (non-hydrogen) atoms. The molecule has 1 fully saturated rings. The number of rotatable bonds is 4. The molecule has 0 spiro atoms. The second-order valence-corrected chi connectivity index (χ2v) is 5.17. The summed E-state index contributed by atoms with van der Waals surface area (Å²) in [4.78, 5) is 12.0. The van der Waals surface area contributed by atoms with Crippen LogP contribution in [0.25, 0.3) is 0 Å². The zero-order valence-electron chi connectivity index (χ0n) is 10.0. The van der Waals surface area contributed by atoms with Crippen molar-refractivity contribution in [3.05, 3.63) is 24.3 Å². The Kier molecular flexibility index (Phi) is 3.47. The average Bonchev–Trinajstić information content (AvgIpc) is 3.09. The lowest BCUT2D eigenvalue weighted by Crippen LogP contribution is -2.36. The van der Waals surface area contributed by atoms with Crippen LogP contribution in [0.1, 0.15) is 32.6 Å². The summed E-state index contributed by atoms with van der Waals surface area (Å²) in [6, 6.07) is 0. The average molecular weight is 219 g/mol. The lowest BCUT2D eigenvalue weighted by atomic mass is 9.79. The molecule has 2 rings (SSSR count). The van der Waals surface area contributed by atoms with E-state index in [1.54, 1.807) is 0 Å². The van der Waals surface area contributed by atoms with Gasteiger partial charge in [-0.2, -0.15) is 0 Å². The molecule has 0 radical (unpaired) electrons. The van der Waals surface area contributed by atoms with Crippen molar-refractivity contribution in [3.8, 4) is 0 Å². The Morgan fingerprint density at radius 2 is 2.19 bits per heavy atom. The Morgan fingerprint density at radius 1 is 1.44 bits per heavy atom. The van der Waals surface area contributed by atoms with Gasteiger partial charge in [0, 0.05) is 6.54 Å². The molecule has 2 aliphatic rings. The van der Waals surface area contributed by atoms with Gasteiger partial charge in [-0.1, -0.05) is 24.3 Å². The summed E-state index contributed by atoms with van der Waals surface area (Å²) in [5.74, 6) is 1.30. The van der Waals surface area contributed by atoms with Crippen LogP contribution >= 0.6 is 0 Å². The molecule has 2 heteroatoms. The van der Waals surface area contributed by atoms with Gasteiger partial charge in [0.2, 0.25) is 5.91 Å². The molecule has 2 aliphatic carbocycles. The molecule has 0 aromatic rings. The van der Waals surface area contributed by atoms with Gasteiger partial charge in [-0.15, -0.1) is 0 Å². The fourth-order valence-electron chi connectivity index (χ4n) is 2.34. The van der Waals surface area contributed by atoms with Crippen LogP contribution in [0.4, 0.5) is 0 Å². The van der Waals surface area contributed by atoms with E-state index in [1.807, 2.05) is 6.92 Å². The van der Waals surface area contributed by atoms with Crippen molar-refractivity contribution >= 4 is 5.91 Å². The SMILES string of the molecule is C=C(C)C1CCC=CC1C(=O)NCC1CC1. The van der Waals surface area contributed by atoms with Gasteiger partial charge in [0.15, 0.2) is 0 Å². The second kappa shape index (κ2) is 4.86. The topological polar surface area (TPSA) is 29.1 Å². The van der Waals surface area contributed by atoms with Crippen LogP contribution in [-0.2, 0) is 4.79 Å². The Balaban J connectivity index is 1.92. The molecule has 0 bridgehead atoms. The zero-order chi connectivity index (χ0) is 11.5. The van der Waals surface area contributed by atoms with Gasteiger partial charge in [-0.3, -0.25) is 4.79 Å². The molecular weight excluding hydrogens is 198 g/mol. The van der Waals surface area contributed by atoms with Gasteiger partial charge in [-0.05, 0) is 44.4 Å². The fourth-order valence-corrected chi connectivity index (χ4v) is 2.34. The van der Waals surface area contributed by atoms with Gasteiger partial charge in [0.25, 0.3) is 0 Å². The van der Waals surface area contributed by atoms with Crippen LogP contribution in [0, 0.1) is 17.8 Å². The number of carbonyl (C=O) groups is 1. The second-order valence-electron chi connectivity index (χ2n) is 5.17. The van der Waals surface area contributed by atoms with E-state index < -0.39 is 0 Å². The van der Waals surface area contributed by atoms with E-state index >= 15 is 0 Å². The minimum atomic E-state index is 0.0185. The maximum Gasteiger partial charge on any atom is 0.227 e. The zero-order valence-corrected chi connectivity index (χ0v) is 10.0. The highest BCUT2D eigenvalue weighted by atomic mass is 16.1. The highest BCUT2D eigenvalue weighted by molar-refractivity contribution is 5.81. The van der Waals surface area contributed by atoms with Crippen LogP contribution in [0.5, 0.6) is 0 Å². The van der Waals surface area contributed by atoms with Gasteiger partial charge in [0.05, 0.1) is 5.92 Å². The molecule has 0 aliphatic heterocycles. The quantitative estimate of drug-likeness (QED) is 0.724. The molecule has 2 unspecified atom stereocenters.